The van der Waals surface area contributed by atoms with Crippen LogP contribution in [0.4, 0.5) is 5.69 Å². The molecule has 1 aromatic rings. The van der Waals surface area contributed by atoms with Crippen molar-refractivity contribution in [3.8, 4) is 5.75 Å². The van der Waals surface area contributed by atoms with E-state index in [1.165, 1.54) is 0 Å². The number of fused-ring (bicyclic) bond motifs is 1. The Labute approximate surface area is 121 Å². The van der Waals surface area contributed by atoms with Crippen molar-refractivity contribution in [2.24, 2.45) is 0 Å². The summed E-state index contributed by atoms with van der Waals surface area (Å²) in [7, 11) is 0. The highest BCUT2D eigenvalue weighted by Crippen LogP contribution is 2.29. The van der Waals surface area contributed by atoms with Gasteiger partial charge in [0.25, 0.3) is 11.8 Å². The Kier molecular flexibility index (Phi) is 3.76. The van der Waals surface area contributed by atoms with Gasteiger partial charge in [-0.2, -0.15) is 0 Å². The molecule has 112 valence electrons. The third kappa shape index (κ3) is 2.70. The van der Waals surface area contributed by atoms with Crippen molar-refractivity contribution in [3.63, 3.8) is 0 Å². The van der Waals surface area contributed by atoms with Gasteiger partial charge in [0, 0.05) is 12.1 Å². The predicted molar refractivity (Wildman–Crippen MR) is 73.3 cm³/mol. The normalized spacial score (nSPS) is 21.3. The van der Waals surface area contributed by atoms with Crippen LogP contribution < -0.4 is 10.1 Å². The molecule has 0 aliphatic carbocycles. The zero-order valence-corrected chi connectivity index (χ0v) is 11.4. The minimum atomic E-state index is -0.340. The molecular formula is C14H16N2O5. The number of carbonyl (C=O) groups excluding carboxylic acids is 2. The average Bonchev–Trinajstić information content (AvgIpc) is 2.53. The molecule has 2 aliphatic rings. The molecule has 7 heteroatoms. The molecule has 1 atom stereocenters. The first-order valence-corrected chi connectivity index (χ1v) is 6.75. The predicted octanol–water partition coefficient (Wildman–Crippen LogP) is -0.149. The van der Waals surface area contributed by atoms with E-state index in [-0.39, 0.29) is 31.1 Å². The van der Waals surface area contributed by atoms with Gasteiger partial charge < -0.3 is 24.8 Å². The molecule has 0 saturated carbocycles. The van der Waals surface area contributed by atoms with Gasteiger partial charge in [0.1, 0.15) is 5.75 Å². The second-order valence-corrected chi connectivity index (χ2v) is 4.96. The molecular weight excluding hydrogens is 276 g/mol. The zero-order chi connectivity index (χ0) is 14.8. The molecule has 2 amide bonds. The standard InChI is InChI=1S/C14H16N2O5/c17-6-10-7-20-4-3-16(10)14(19)9-1-2-12-11(5-9)15-13(18)8-21-12/h1-2,5,10,17H,3-4,6-8H2,(H,15,18). The molecule has 2 heterocycles. The number of anilines is 1. The summed E-state index contributed by atoms with van der Waals surface area (Å²) in [6.45, 7) is 1.05. The van der Waals surface area contributed by atoms with Gasteiger partial charge in [-0.1, -0.05) is 0 Å². The summed E-state index contributed by atoms with van der Waals surface area (Å²) in [6.07, 6.45) is 0. The fourth-order valence-electron chi connectivity index (χ4n) is 2.46. The topological polar surface area (TPSA) is 88.1 Å². The number of carbonyl (C=O) groups is 2. The van der Waals surface area contributed by atoms with Crippen LogP contribution in [0.3, 0.4) is 0 Å². The number of aliphatic hydroxyl groups is 1. The van der Waals surface area contributed by atoms with Gasteiger partial charge in [-0.25, -0.2) is 0 Å². The van der Waals surface area contributed by atoms with Crippen LogP contribution in [0.15, 0.2) is 18.2 Å². The molecule has 2 aliphatic heterocycles. The van der Waals surface area contributed by atoms with E-state index >= 15 is 0 Å². The maximum absolute atomic E-state index is 12.5. The number of ether oxygens (including phenoxy) is 2. The number of nitrogens with one attached hydrogen (secondary N) is 1. The molecule has 1 fully saturated rings. The maximum Gasteiger partial charge on any atom is 0.262 e. The lowest BCUT2D eigenvalue weighted by Gasteiger charge is -2.34. The van der Waals surface area contributed by atoms with Crippen LogP contribution in [-0.4, -0.2) is 60.8 Å². The lowest BCUT2D eigenvalue weighted by Crippen LogP contribution is -2.50. The van der Waals surface area contributed by atoms with Gasteiger partial charge in [-0.05, 0) is 18.2 Å². The van der Waals surface area contributed by atoms with Gasteiger partial charge in [0.2, 0.25) is 0 Å². The smallest absolute Gasteiger partial charge is 0.262 e. The van der Waals surface area contributed by atoms with E-state index in [2.05, 4.69) is 5.32 Å². The molecule has 7 nitrogen and oxygen atoms in total. The highest BCUT2D eigenvalue weighted by molar-refractivity contribution is 6.00. The number of hydrogen-bond donors (Lipinski definition) is 2. The summed E-state index contributed by atoms with van der Waals surface area (Å²) in [5, 5.41) is 12.0. The molecule has 0 spiro atoms. The van der Waals surface area contributed by atoms with E-state index in [4.69, 9.17) is 9.47 Å². The second kappa shape index (κ2) is 5.71. The fraction of sp³-hybridized carbons (Fsp3) is 0.429. The molecule has 0 radical (unpaired) electrons. The van der Waals surface area contributed by atoms with E-state index in [9.17, 15) is 14.7 Å². The van der Waals surface area contributed by atoms with Crippen molar-refractivity contribution in [3.05, 3.63) is 23.8 Å². The van der Waals surface area contributed by atoms with Crippen LogP contribution in [0, 0.1) is 0 Å². The lowest BCUT2D eigenvalue weighted by atomic mass is 10.1. The summed E-state index contributed by atoms with van der Waals surface area (Å²) in [4.78, 5) is 25.5. The van der Waals surface area contributed by atoms with Gasteiger partial charge in [0.15, 0.2) is 6.61 Å². The van der Waals surface area contributed by atoms with Crippen molar-refractivity contribution in [1.82, 2.24) is 4.90 Å². The molecule has 0 aromatic heterocycles. The van der Waals surface area contributed by atoms with Crippen molar-refractivity contribution < 1.29 is 24.2 Å². The molecule has 1 unspecified atom stereocenters. The molecule has 1 saturated heterocycles. The van der Waals surface area contributed by atoms with Crippen molar-refractivity contribution >= 4 is 17.5 Å². The van der Waals surface area contributed by atoms with Crippen molar-refractivity contribution in [1.29, 1.82) is 0 Å². The Hall–Kier alpha value is -2.12. The highest BCUT2D eigenvalue weighted by atomic mass is 16.5. The Morgan fingerprint density at radius 3 is 3.14 bits per heavy atom. The van der Waals surface area contributed by atoms with E-state index in [0.29, 0.717) is 36.8 Å². The Bertz CT molecular complexity index is 574. The summed E-state index contributed by atoms with van der Waals surface area (Å²) in [5.41, 5.74) is 0.936. The van der Waals surface area contributed by atoms with Crippen molar-refractivity contribution in [2.75, 3.05) is 38.3 Å². The van der Waals surface area contributed by atoms with E-state index in [1.807, 2.05) is 0 Å². The van der Waals surface area contributed by atoms with Crippen molar-refractivity contribution in [2.45, 2.75) is 6.04 Å². The van der Waals surface area contributed by atoms with Crippen LogP contribution in [0.2, 0.25) is 0 Å². The zero-order valence-electron chi connectivity index (χ0n) is 11.4. The average molecular weight is 292 g/mol. The highest BCUT2D eigenvalue weighted by Gasteiger charge is 2.28. The first kappa shape index (κ1) is 13.8. The number of rotatable bonds is 2. The van der Waals surface area contributed by atoms with Gasteiger partial charge in [-0.15, -0.1) is 0 Å². The SMILES string of the molecule is O=C1COc2ccc(C(=O)N3CCOCC3CO)cc2N1. The van der Waals surface area contributed by atoms with E-state index in [0.717, 1.165) is 0 Å². The molecule has 2 N–H and O–H groups in total. The largest absolute Gasteiger partial charge is 0.482 e. The number of amides is 2. The molecule has 21 heavy (non-hydrogen) atoms. The number of benzene rings is 1. The third-order valence-corrected chi connectivity index (χ3v) is 3.56. The lowest BCUT2D eigenvalue weighted by molar-refractivity contribution is -0.118. The van der Waals surface area contributed by atoms with E-state index < -0.39 is 0 Å². The summed E-state index contributed by atoms with van der Waals surface area (Å²) >= 11 is 0. The number of hydrogen-bond acceptors (Lipinski definition) is 5. The molecule has 1 aromatic carbocycles. The van der Waals surface area contributed by atoms with Crippen LogP contribution in [0.25, 0.3) is 0 Å². The quantitative estimate of drug-likeness (QED) is 0.791. The Morgan fingerprint density at radius 1 is 1.48 bits per heavy atom. The van der Waals surface area contributed by atoms with Crippen LogP contribution in [-0.2, 0) is 9.53 Å². The van der Waals surface area contributed by atoms with Gasteiger partial charge in [-0.3, -0.25) is 9.59 Å². The first-order chi connectivity index (χ1) is 10.2. The summed E-state index contributed by atoms with van der Waals surface area (Å²) in [5.74, 6) is 0.110. The third-order valence-electron chi connectivity index (χ3n) is 3.56. The maximum atomic E-state index is 12.5. The Balaban J connectivity index is 1.84. The minimum absolute atomic E-state index is 0.0175. The van der Waals surface area contributed by atoms with Gasteiger partial charge in [0.05, 0.1) is 31.5 Å². The summed E-state index contributed by atoms with van der Waals surface area (Å²) < 4.78 is 10.5. The van der Waals surface area contributed by atoms with Gasteiger partial charge >= 0.3 is 0 Å². The van der Waals surface area contributed by atoms with E-state index in [1.54, 1.807) is 23.1 Å². The van der Waals surface area contributed by atoms with Crippen LogP contribution in [0.5, 0.6) is 5.75 Å². The minimum Gasteiger partial charge on any atom is -0.482 e. The molecule has 3 rings (SSSR count). The first-order valence-electron chi connectivity index (χ1n) is 6.75. The number of morpholine rings is 1. The number of aliphatic hydroxyl groups excluding tert-OH is 1. The monoisotopic (exact) mass is 292 g/mol. The van der Waals surface area contributed by atoms with Crippen LogP contribution in [0.1, 0.15) is 10.4 Å². The fourth-order valence-corrected chi connectivity index (χ4v) is 2.46. The molecule has 0 bridgehead atoms. The summed E-state index contributed by atoms with van der Waals surface area (Å²) in [6, 6.07) is 4.57. The van der Waals surface area contributed by atoms with Crippen LogP contribution >= 0.6 is 0 Å². The Morgan fingerprint density at radius 2 is 2.33 bits per heavy atom. The second-order valence-electron chi connectivity index (χ2n) is 4.96. The number of nitrogens with zero attached hydrogens (tertiary/aromatic N) is 1.